The lowest BCUT2D eigenvalue weighted by Crippen LogP contribution is -2.31. The summed E-state index contributed by atoms with van der Waals surface area (Å²) in [6.07, 6.45) is 0.416. The molecule has 3 aromatic rings. The molecule has 34 heavy (non-hydrogen) atoms. The third-order valence-corrected chi connectivity index (χ3v) is 8.59. The number of nitrogens with zero attached hydrogens (tertiary/aromatic N) is 3. The average Bonchev–Trinajstić information content (AvgIpc) is 3.32. The van der Waals surface area contributed by atoms with Crippen LogP contribution in [0.5, 0.6) is 0 Å². The lowest BCUT2D eigenvalue weighted by molar-refractivity contribution is -0.116. The van der Waals surface area contributed by atoms with Crippen molar-refractivity contribution in [2.75, 3.05) is 25.0 Å². The van der Waals surface area contributed by atoms with Gasteiger partial charge in [0.2, 0.25) is 15.9 Å². The molecule has 1 aliphatic rings. The molecular weight excluding hydrogens is 476 g/mol. The number of fused-ring (bicyclic) bond motifs is 2. The molecule has 2 heterocycles. The number of thiazole rings is 1. The van der Waals surface area contributed by atoms with Gasteiger partial charge in [-0.15, -0.1) is 0 Å². The van der Waals surface area contributed by atoms with E-state index in [0.717, 1.165) is 4.90 Å². The van der Waals surface area contributed by atoms with E-state index >= 15 is 0 Å². The molecule has 0 bridgehead atoms. The van der Waals surface area contributed by atoms with Crippen LogP contribution in [0.3, 0.4) is 0 Å². The van der Waals surface area contributed by atoms with Crippen LogP contribution in [0.1, 0.15) is 47.4 Å². The highest BCUT2D eigenvalue weighted by molar-refractivity contribution is 7.89. The maximum atomic E-state index is 12.8. The number of amides is 3. The predicted molar refractivity (Wildman–Crippen MR) is 129 cm³/mol. The van der Waals surface area contributed by atoms with Crippen LogP contribution >= 0.6 is 11.3 Å². The molecule has 178 valence electrons. The summed E-state index contributed by atoms with van der Waals surface area (Å²) in [5.74, 6) is -0.989. The summed E-state index contributed by atoms with van der Waals surface area (Å²) >= 11 is 1.19. The van der Waals surface area contributed by atoms with Gasteiger partial charge in [0.15, 0.2) is 5.13 Å². The normalized spacial score (nSPS) is 13.7. The zero-order valence-electron chi connectivity index (χ0n) is 18.8. The molecule has 1 aromatic heterocycles. The van der Waals surface area contributed by atoms with Crippen LogP contribution < -0.4 is 5.32 Å². The van der Waals surface area contributed by atoms with Crippen molar-refractivity contribution < 1.29 is 22.8 Å². The van der Waals surface area contributed by atoms with Gasteiger partial charge < -0.3 is 5.32 Å². The lowest BCUT2D eigenvalue weighted by atomic mass is 10.1. The number of carbonyl (C=O) groups is 3. The topological polar surface area (TPSA) is 117 Å². The van der Waals surface area contributed by atoms with E-state index in [4.69, 9.17) is 0 Å². The summed E-state index contributed by atoms with van der Waals surface area (Å²) in [4.78, 5) is 42.9. The highest BCUT2D eigenvalue weighted by Gasteiger charge is 2.34. The van der Waals surface area contributed by atoms with Gasteiger partial charge in [-0.3, -0.25) is 19.3 Å². The highest BCUT2D eigenvalue weighted by Crippen LogP contribution is 2.29. The number of sulfonamides is 1. The van der Waals surface area contributed by atoms with Crippen LogP contribution in [0, 0.1) is 0 Å². The van der Waals surface area contributed by atoms with Crippen molar-refractivity contribution in [3.8, 4) is 0 Å². The molecule has 0 aliphatic carbocycles. The SMILES string of the molecule is CCN(CC)S(=O)(=O)c1ccc2nc(NC(=O)CCCN3C(=O)c4ccccc4C3=O)sc2c1. The Kier molecular flexibility index (Phi) is 6.78. The number of nitrogens with one attached hydrogen (secondary N) is 1. The van der Waals surface area contributed by atoms with Gasteiger partial charge in [-0.05, 0) is 36.8 Å². The largest absolute Gasteiger partial charge is 0.302 e. The number of carbonyl (C=O) groups excluding carboxylic acids is 3. The van der Waals surface area contributed by atoms with Crippen LogP contribution in [-0.2, 0) is 14.8 Å². The first-order valence-electron chi connectivity index (χ1n) is 10.9. The molecule has 1 N–H and O–H groups in total. The predicted octanol–water partition coefficient (Wildman–Crippen LogP) is 3.34. The van der Waals surface area contributed by atoms with E-state index in [1.165, 1.54) is 21.7 Å². The highest BCUT2D eigenvalue weighted by atomic mass is 32.2. The number of aromatic nitrogens is 1. The second kappa shape index (κ2) is 9.61. The van der Waals surface area contributed by atoms with E-state index < -0.39 is 10.0 Å². The molecule has 0 atom stereocenters. The van der Waals surface area contributed by atoms with Crippen LogP contribution in [0.25, 0.3) is 10.2 Å². The molecule has 3 amide bonds. The second-order valence-electron chi connectivity index (χ2n) is 7.70. The van der Waals surface area contributed by atoms with Gasteiger partial charge in [0.25, 0.3) is 11.8 Å². The minimum absolute atomic E-state index is 0.102. The second-order valence-corrected chi connectivity index (χ2v) is 10.7. The summed E-state index contributed by atoms with van der Waals surface area (Å²) in [5, 5.41) is 3.08. The monoisotopic (exact) mass is 500 g/mol. The molecule has 0 spiro atoms. The quantitative estimate of drug-likeness (QED) is 0.451. The van der Waals surface area contributed by atoms with E-state index in [2.05, 4.69) is 10.3 Å². The van der Waals surface area contributed by atoms with Crippen LogP contribution in [0.4, 0.5) is 5.13 Å². The molecule has 2 aromatic carbocycles. The van der Waals surface area contributed by atoms with E-state index in [1.807, 2.05) is 0 Å². The van der Waals surface area contributed by atoms with Gasteiger partial charge in [-0.1, -0.05) is 37.3 Å². The zero-order valence-corrected chi connectivity index (χ0v) is 20.4. The standard InChI is InChI=1S/C23H24N4O5S2/c1-3-26(4-2)34(31,32)15-11-12-18-19(14-15)33-23(24-18)25-20(28)10-7-13-27-21(29)16-8-5-6-9-17(16)22(27)30/h5-6,8-9,11-12,14H,3-4,7,10,13H2,1-2H3,(H,24,25,28). The van der Waals surface area contributed by atoms with Gasteiger partial charge in [-0.25, -0.2) is 13.4 Å². The number of imide groups is 1. The zero-order chi connectivity index (χ0) is 24.5. The van der Waals surface area contributed by atoms with Crippen LogP contribution in [0.15, 0.2) is 47.4 Å². The maximum absolute atomic E-state index is 12.8. The van der Waals surface area contributed by atoms with Crippen molar-refractivity contribution in [1.29, 1.82) is 0 Å². The molecule has 0 saturated heterocycles. The summed E-state index contributed by atoms with van der Waals surface area (Å²) < 4.78 is 27.5. The Morgan fingerprint density at radius 3 is 2.32 bits per heavy atom. The van der Waals surface area contributed by atoms with Crippen molar-refractivity contribution >= 4 is 54.4 Å². The minimum atomic E-state index is -3.59. The Morgan fingerprint density at radius 2 is 1.71 bits per heavy atom. The van der Waals surface area contributed by atoms with Gasteiger partial charge in [-0.2, -0.15) is 4.31 Å². The first kappa shape index (κ1) is 24.0. The number of hydrogen-bond acceptors (Lipinski definition) is 7. The van der Waals surface area contributed by atoms with E-state index in [0.29, 0.717) is 46.0 Å². The minimum Gasteiger partial charge on any atom is -0.302 e. The number of anilines is 1. The van der Waals surface area contributed by atoms with Crippen molar-refractivity contribution in [2.24, 2.45) is 0 Å². The van der Waals surface area contributed by atoms with Crippen molar-refractivity contribution in [3.05, 3.63) is 53.6 Å². The fourth-order valence-corrected chi connectivity index (χ4v) is 6.33. The fourth-order valence-electron chi connectivity index (χ4n) is 3.85. The molecule has 11 heteroatoms. The third kappa shape index (κ3) is 4.46. The van der Waals surface area contributed by atoms with Crippen molar-refractivity contribution in [3.63, 3.8) is 0 Å². The first-order chi connectivity index (χ1) is 16.3. The van der Waals surface area contributed by atoms with Crippen LogP contribution in [-0.4, -0.2) is 60.0 Å². The summed E-state index contributed by atoms with van der Waals surface area (Å²) in [5.41, 5.74) is 1.35. The Labute approximate surface area is 201 Å². The molecule has 0 unspecified atom stereocenters. The Balaban J connectivity index is 1.37. The molecule has 0 saturated carbocycles. The number of hydrogen-bond donors (Lipinski definition) is 1. The average molecular weight is 501 g/mol. The fraction of sp³-hybridized carbons (Fsp3) is 0.304. The summed E-state index contributed by atoms with van der Waals surface area (Å²) in [7, 11) is -3.59. The van der Waals surface area contributed by atoms with E-state index in [1.54, 1.807) is 50.2 Å². The van der Waals surface area contributed by atoms with Crippen molar-refractivity contribution in [2.45, 2.75) is 31.6 Å². The van der Waals surface area contributed by atoms with Gasteiger partial charge >= 0.3 is 0 Å². The van der Waals surface area contributed by atoms with Gasteiger partial charge in [0.05, 0.1) is 26.2 Å². The smallest absolute Gasteiger partial charge is 0.261 e. The first-order valence-corrected chi connectivity index (χ1v) is 13.2. The van der Waals surface area contributed by atoms with E-state index in [-0.39, 0.29) is 35.6 Å². The number of rotatable bonds is 9. The lowest BCUT2D eigenvalue weighted by Gasteiger charge is -2.18. The summed E-state index contributed by atoms with van der Waals surface area (Å²) in [6.45, 7) is 4.47. The number of benzene rings is 2. The van der Waals surface area contributed by atoms with E-state index in [9.17, 15) is 22.8 Å². The molecule has 0 fully saturated rings. The molecule has 1 aliphatic heterocycles. The Morgan fingerprint density at radius 1 is 1.06 bits per heavy atom. The molecular formula is C23H24N4O5S2. The third-order valence-electron chi connectivity index (χ3n) is 5.61. The Hall–Kier alpha value is -3.15. The van der Waals surface area contributed by atoms with Gasteiger partial charge in [0.1, 0.15) is 0 Å². The molecule has 4 rings (SSSR count). The Bertz CT molecular complexity index is 1340. The molecule has 9 nitrogen and oxygen atoms in total. The van der Waals surface area contributed by atoms with Gasteiger partial charge in [0, 0.05) is 26.1 Å². The maximum Gasteiger partial charge on any atom is 0.261 e. The summed E-state index contributed by atoms with van der Waals surface area (Å²) in [6, 6.07) is 11.4. The molecule has 0 radical (unpaired) electrons. The van der Waals surface area contributed by atoms with Crippen molar-refractivity contribution in [1.82, 2.24) is 14.2 Å². The van der Waals surface area contributed by atoms with Crippen LogP contribution in [0.2, 0.25) is 0 Å².